The van der Waals surface area contributed by atoms with Gasteiger partial charge in [0.05, 0.1) is 25.2 Å². The number of fused-ring (bicyclic) bond motifs is 1. The van der Waals surface area contributed by atoms with Gasteiger partial charge in [-0.2, -0.15) is 4.31 Å². The Morgan fingerprint density at radius 2 is 1.68 bits per heavy atom. The fraction of sp³-hybridized carbons (Fsp3) is 0.458. The number of sulfonamides is 1. The second-order valence-corrected chi connectivity index (χ2v) is 10.3. The molecule has 34 heavy (non-hydrogen) atoms. The van der Waals surface area contributed by atoms with E-state index in [1.54, 1.807) is 6.07 Å². The number of amides is 1. The molecule has 2 aromatic carbocycles. The minimum absolute atomic E-state index is 0.0782. The van der Waals surface area contributed by atoms with Crippen molar-refractivity contribution in [2.24, 2.45) is 5.92 Å². The lowest BCUT2D eigenvalue weighted by Crippen LogP contribution is -2.43. The summed E-state index contributed by atoms with van der Waals surface area (Å²) in [6.45, 7) is 3.49. The summed E-state index contributed by atoms with van der Waals surface area (Å²) >= 11 is 0. The van der Waals surface area contributed by atoms with Gasteiger partial charge in [-0.15, -0.1) is 0 Å². The molecular formula is C24H30N2O7S. The zero-order valence-electron chi connectivity index (χ0n) is 19.6. The predicted octanol–water partition coefficient (Wildman–Crippen LogP) is 2.75. The molecule has 9 nitrogen and oxygen atoms in total. The first-order valence-corrected chi connectivity index (χ1v) is 12.7. The van der Waals surface area contributed by atoms with E-state index in [0.717, 1.165) is 5.56 Å². The van der Waals surface area contributed by atoms with Crippen molar-refractivity contribution in [3.8, 4) is 23.0 Å². The Bertz CT molecular complexity index is 1140. The van der Waals surface area contributed by atoms with Gasteiger partial charge in [0.2, 0.25) is 15.9 Å². The summed E-state index contributed by atoms with van der Waals surface area (Å²) in [5.74, 6) is 1.87. The Hall–Kier alpha value is -2.98. The molecule has 0 bridgehead atoms. The summed E-state index contributed by atoms with van der Waals surface area (Å²) in [6, 6.07) is 9.98. The lowest BCUT2D eigenvalue weighted by molar-refractivity contribution is -0.126. The van der Waals surface area contributed by atoms with Gasteiger partial charge < -0.3 is 24.3 Å². The number of nitrogens with zero attached hydrogens (tertiary/aromatic N) is 1. The number of benzene rings is 2. The first-order chi connectivity index (χ1) is 16.3. The molecular weight excluding hydrogens is 460 g/mol. The number of hydrogen-bond donors (Lipinski definition) is 1. The fourth-order valence-electron chi connectivity index (χ4n) is 4.23. The minimum Gasteiger partial charge on any atom is -0.493 e. The maximum absolute atomic E-state index is 13.1. The van der Waals surface area contributed by atoms with E-state index in [1.165, 1.54) is 30.7 Å². The lowest BCUT2D eigenvalue weighted by atomic mass is 9.96. The molecule has 0 radical (unpaired) electrons. The van der Waals surface area contributed by atoms with Gasteiger partial charge in [0.15, 0.2) is 23.0 Å². The van der Waals surface area contributed by atoms with E-state index in [1.807, 2.05) is 25.1 Å². The van der Waals surface area contributed by atoms with Gasteiger partial charge in [-0.25, -0.2) is 8.42 Å². The standard InChI is InChI=1S/C24H30N2O7S/c1-16(18-4-6-21-23(14-18)33-13-12-32-21)25-24(27)17-8-10-26(11-9-17)34(28,29)19-5-7-20(30-2)22(15-19)31-3/h4-7,14-17H,8-13H2,1-3H3,(H,25,27)/t16-/m1/s1. The van der Waals surface area contributed by atoms with E-state index < -0.39 is 10.0 Å². The van der Waals surface area contributed by atoms with Crippen molar-refractivity contribution < 1.29 is 32.2 Å². The molecule has 0 aromatic heterocycles. The zero-order chi connectivity index (χ0) is 24.3. The highest BCUT2D eigenvalue weighted by Gasteiger charge is 2.33. The molecule has 184 valence electrons. The van der Waals surface area contributed by atoms with Crippen LogP contribution in [0.1, 0.15) is 31.4 Å². The van der Waals surface area contributed by atoms with Crippen LogP contribution in [0.5, 0.6) is 23.0 Å². The molecule has 0 unspecified atom stereocenters. The molecule has 4 rings (SSSR count). The van der Waals surface area contributed by atoms with Crippen LogP contribution in [0.25, 0.3) is 0 Å². The van der Waals surface area contributed by atoms with Gasteiger partial charge in [-0.1, -0.05) is 6.07 Å². The smallest absolute Gasteiger partial charge is 0.243 e. The van der Waals surface area contributed by atoms with E-state index in [0.29, 0.717) is 49.1 Å². The first-order valence-electron chi connectivity index (χ1n) is 11.3. The Morgan fingerprint density at radius 1 is 1.00 bits per heavy atom. The normalized spacial score (nSPS) is 17.6. The number of ether oxygens (including phenoxy) is 4. The zero-order valence-corrected chi connectivity index (χ0v) is 20.4. The Balaban J connectivity index is 1.36. The fourth-order valence-corrected chi connectivity index (χ4v) is 5.71. The highest BCUT2D eigenvalue weighted by Crippen LogP contribution is 2.34. The van der Waals surface area contributed by atoms with Crippen LogP contribution in [0, 0.1) is 5.92 Å². The van der Waals surface area contributed by atoms with Crippen LogP contribution >= 0.6 is 0 Å². The molecule has 1 atom stereocenters. The molecule has 2 aromatic rings. The average molecular weight is 491 g/mol. The van der Waals surface area contributed by atoms with Crippen molar-refractivity contribution in [1.82, 2.24) is 9.62 Å². The van der Waals surface area contributed by atoms with Gasteiger partial charge in [-0.05, 0) is 49.6 Å². The van der Waals surface area contributed by atoms with E-state index in [9.17, 15) is 13.2 Å². The minimum atomic E-state index is -3.70. The van der Waals surface area contributed by atoms with Crippen LogP contribution in [0.2, 0.25) is 0 Å². The van der Waals surface area contributed by atoms with Crippen molar-refractivity contribution >= 4 is 15.9 Å². The quantitative estimate of drug-likeness (QED) is 0.637. The number of nitrogens with one attached hydrogen (secondary N) is 1. The van der Waals surface area contributed by atoms with E-state index >= 15 is 0 Å². The number of carbonyl (C=O) groups excluding carboxylic acids is 1. The van der Waals surface area contributed by atoms with Crippen molar-refractivity contribution in [2.75, 3.05) is 40.5 Å². The highest BCUT2D eigenvalue weighted by atomic mass is 32.2. The van der Waals surface area contributed by atoms with Crippen molar-refractivity contribution in [3.63, 3.8) is 0 Å². The van der Waals surface area contributed by atoms with Crippen LogP contribution in [0.4, 0.5) is 0 Å². The molecule has 0 aliphatic carbocycles. The third-order valence-corrected chi connectivity index (χ3v) is 8.14. The van der Waals surface area contributed by atoms with Gasteiger partial charge in [0, 0.05) is 25.1 Å². The summed E-state index contributed by atoms with van der Waals surface area (Å²) < 4.78 is 49.3. The van der Waals surface area contributed by atoms with Crippen LogP contribution < -0.4 is 24.3 Å². The highest BCUT2D eigenvalue weighted by molar-refractivity contribution is 7.89. The van der Waals surface area contributed by atoms with Gasteiger partial charge in [0.25, 0.3) is 0 Å². The summed E-state index contributed by atoms with van der Waals surface area (Å²) in [5, 5.41) is 3.05. The van der Waals surface area contributed by atoms with Gasteiger partial charge in [-0.3, -0.25) is 4.79 Å². The monoisotopic (exact) mass is 490 g/mol. The number of hydrogen-bond acceptors (Lipinski definition) is 7. The number of rotatable bonds is 7. The van der Waals surface area contributed by atoms with Crippen LogP contribution in [-0.2, 0) is 14.8 Å². The molecule has 2 heterocycles. The topological polar surface area (TPSA) is 103 Å². The van der Waals surface area contributed by atoms with Gasteiger partial charge in [0.1, 0.15) is 13.2 Å². The van der Waals surface area contributed by atoms with Crippen LogP contribution in [0.3, 0.4) is 0 Å². The number of piperidine rings is 1. The Labute approximate surface area is 200 Å². The molecule has 2 aliphatic heterocycles. The maximum atomic E-state index is 13.1. The number of carbonyl (C=O) groups is 1. The lowest BCUT2D eigenvalue weighted by Gasteiger charge is -2.31. The molecule has 1 N–H and O–H groups in total. The van der Waals surface area contributed by atoms with E-state index in [4.69, 9.17) is 18.9 Å². The molecule has 10 heteroatoms. The molecule has 2 aliphatic rings. The number of methoxy groups -OCH3 is 2. The molecule has 1 amide bonds. The third-order valence-electron chi connectivity index (χ3n) is 6.24. The second-order valence-electron chi connectivity index (χ2n) is 8.33. The SMILES string of the molecule is COc1ccc(S(=O)(=O)N2CCC(C(=O)N[C@H](C)c3ccc4c(c3)OCCO4)CC2)cc1OC. The van der Waals surface area contributed by atoms with Crippen molar-refractivity contribution in [1.29, 1.82) is 0 Å². The summed E-state index contributed by atoms with van der Waals surface area (Å²) in [6.07, 6.45) is 0.901. The third kappa shape index (κ3) is 4.92. The van der Waals surface area contributed by atoms with Gasteiger partial charge >= 0.3 is 0 Å². The summed E-state index contributed by atoms with van der Waals surface area (Å²) in [4.78, 5) is 13.0. The van der Waals surface area contributed by atoms with Crippen molar-refractivity contribution in [3.05, 3.63) is 42.0 Å². The predicted molar refractivity (Wildman–Crippen MR) is 125 cm³/mol. The maximum Gasteiger partial charge on any atom is 0.243 e. The molecule has 1 saturated heterocycles. The van der Waals surface area contributed by atoms with Crippen LogP contribution in [-0.4, -0.2) is 59.2 Å². The Kier molecular flexibility index (Phi) is 7.18. The Morgan fingerprint density at radius 3 is 2.35 bits per heavy atom. The van der Waals surface area contributed by atoms with E-state index in [2.05, 4.69) is 5.32 Å². The van der Waals surface area contributed by atoms with E-state index in [-0.39, 0.29) is 35.9 Å². The first kappa shape index (κ1) is 24.2. The second kappa shape index (κ2) is 10.1. The van der Waals surface area contributed by atoms with Crippen molar-refractivity contribution in [2.45, 2.75) is 30.7 Å². The molecule has 0 spiro atoms. The summed E-state index contributed by atoms with van der Waals surface area (Å²) in [5.41, 5.74) is 0.922. The average Bonchev–Trinajstić information content (AvgIpc) is 2.87. The molecule has 0 saturated carbocycles. The van der Waals surface area contributed by atoms with Crippen LogP contribution in [0.15, 0.2) is 41.3 Å². The molecule has 1 fully saturated rings. The largest absolute Gasteiger partial charge is 0.493 e. The summed E-state index contributed by atoms with van der Waals surface area (Å²) in [7, 11) is -0.744.